The summed E-state index contributed by atoms with van der Waals surface area (Å²) in [5.74, 6) is -0.187. The molecule has 4 rings (SSSR count). The fourth-order valence-electron chi connectivity index (χ4n) is 4.58. The van der Waals surface area contributed by atoms with E-state index >= 15 is 0 Å². The van der Waals surface area contributed by atoms with Gasteiger partial charge < -0.3 is 15.2 Å². The minimum absolute atomic E-state index is 0.233. The van der Waals surface area contributed by atoms with E-state index in [0.29, 0.717) is 29.4 Å². The van der Waals surface area contributed by atoms with Crippen LogP contribution < -0.4 is 10.1 Å². The number of ether oxygens (including phenoxy) is 1. The summed E-state index contributed by atoms with van der Waals surface area (Å²) in [6.45, 7) is 12.2. The highest BCUT2D eigenvalue weighted by Gasteiger charge is 2.26. The van der Waals surface area contributed by atoms with Crippen molar-refractivity contribution in [2.24, 2.45) is 5.92 Å². The number of halogens is 1. The number of aryl methyl sites for hydroxylation is 2. The summed E-state index contributed by atoms with van der Waals surface area (Å²) in [5.41, 5.74) is 4.83. The van der Waals surface area contributed by atoms with E-state index in [0.717, 1.165) is 34.3 Å². The fourth-order valence-corrected chi connectivity index (χ4v) is 4.58. The predicted molar refractivity (Wildman–Crippen MR) is 144 cm³/mol. The second-order valence-corrected chi connectivity index (χ2v) is 9.47. The highest BCUT2D eigenvalue weighted by Crippen LogP contribution is 2.42. The molecule has 2 atom stereocenters. The van der Waals surface area contributed by atoms with Crippen molar-refractivity contribution in [1.82, 2.24) is 0 Å². The predicted octanol–water partition coefficient (Wildman–Crippen LogP) is 7.94. The molecule has 1 aliphatic heterocycles. The molecule has 0 radical (unpaired) electrons. The summed E-state index contributed by atoms with van der Waals surface area (Å²) in [6.07, 6.45) is 13.7. The first kappa shape index (κ1) is 25.2. The standard InChI is InChI=1S/C31H32FNO3/c1-6-22-13-14-26(28(29(22)32)31(34)35)33-21(5)25-16-19(3)15-24-20(4)17-27(36-30(24)25)23-10-8-7-9-18(2)11-12-23/h7-10,12-18,21,33H,4,6,11H2,1-3,5H3,(H,34,35)/b9-7+,10-8?,23-12?. The van der Waals surface area contributed by atoms with Gasteiger partial charge in [-0.1, -0.05) is 62.9 Å². The zero-order chi connectivity index (χ0) is 26.0. The Morgan fingerprint density at radius 2 is 2.08 bits per heavy atom. The quantitative estimate of drug-likeness (QED) is 0.436. The molecule has 186 valence electrons. The van der Waals surface area contributed by atoms with Crippen LogP contribution in [0, 0.1) is 18.7 Å². The summed E-state index contributed by atoms with van der Waals surface area (Å²) in [5, 5.41) is 12.9. The molecule has 0 saturated carbocycles. The van der Waals surface area contributed by atoms with Crippen LogP contribution in [-0.4, -0.2) is 11.1 Å². The molecule has 0 bridgehead atoms. The molecule has 1 heterocycles. The lowest BCUT2D eigenvalue weighted by molar-refractivity contribution is 0.0692. The molecule has 0 amide bonds. The molecular weight excluding hydrogens is 453 g/mol. The Morgan fingerprint density at radius 1 is 1.31 bits per heavy atom. The minimum atomic E-state index is -1.30. The van der Waals surface area contributed by atoms with E-state index in [2.05, 4.69) is 31.0 Å². The number of hydrogen-bond donors (Lipinski definition) is 2. The number of benzene rings is 2. The lowest BCUT2D eigenvalue weighted by atomic mass is 9.92. The molecule has 36 heavy (non-hydrogen) atoms. The Balaban J connectivity index is 1.72. The number of aromatic carboxylic acids is 1. The molecule has 2 aromatic carbocycles. The van der Waals surface area contributed by atoms with Crippen LogP contribution in [0.4, 0.5) is 10.1 Å². The van der Waals surface area contributed by atoms with Crippen molar-refractivity contribution in [3.05, 3.63) is 112 Å². The maximum atomic E-state index is 14.9. The molecule has 2 unspecified atom stereocenters. The third kappa shape index (κ3) is 5.06. The van der Waals surface area contributed by atoms with Crippen molar-refractivity contribution in [1.29, 1.82) is 0 Å². The molecule has 1 aliphatic carbocycles. The van der Waals surface area contributed by atoms with Gasteiger partial charge in [0.2, 0.25) is 0 Å². The monoisotopic (exact) mass is 485 g/mol. The highest BCUT2D eigenvalue weighted by molar-refractivity contribution is 5.95. The van der Waals surface area contributed by atoms with Crippen LogP contribution in [0.25, 0.3) is 5.57 Å². The maximum absolute atomic E-state index is 14.9. The van der Waals surface area contributed by atoms with Gasteiger partial charge in [0.1, 0.15) is 22.9 Å². The van der Waals surface area contributed by atoms with E-state index in [-0.39, 0.29) is 17.3 Å². The first-order valence-electron chi connectivity index (χ1n) is 12.3. The molecule has 0 saturated heterocycles. The third-order valence-electron chi connectivity index (χ3n) is 6.60. The zero-order valence-corrected chi connectivity index (χ0v) is 21.2. The van der Waals surface area contributed by atoms with Gasteiger partial charge in [0, 0.05) is 16.7 Å². The zero-order valence-electron chi connectivity index (χ0n) is 21.2. The fraction of sp³-hybridized carbons (Fsp3) is 0.258. The van der Waals surface area contributed by atoms with Crippen molar-refractivity contribution in [3.63, 3.8) is 0 Å². The van der Waals surface area contributed by atoms with Crippen LogP contribution in [-0.2, 0) is 6.42 Å². The maximum Gasteiger partial charge on any atom is 0.340 e. The van der Waals surface area contributed by atoms with Crippen molar-refractivity contribution < 1.29 is 19.0 Å². The van der Waals surface area contributed by atoms with Crippen molar-refractivity contribution in [3.8, 4) is 5.75 Å². The molecule has 0 spiro atoms. The van der Waals surface area contributed by atoms with Gasteiger partial charge in [-0.3, -0.25) is 0 Å². The first-order valence-corrected chi connectivity index (χ1v) is 12.3. The molecule has 0 fully saturated rings. The second kappa shape index (κ2) is 10.4. The van der Waals surface area contributed by atoms with Crippen LogP contribution in [0.15, 0.2) is 78.6 Å². The summed E-state index contributed by atoms with van der Waals surface area (Å²) < 4.78 is 21.4. The van der Waals surface area contributed by atoms with Gasteiger partial charge in [-0.05, 0) is 67.5 Å². The summed E-state index contributed by atoms with van der Waals surface area (Å²) >= 11 is 0. The van der Waals surface area contributed by atoms with E-state index in [1.54, 1.807) is 19.1 Å². The van der Waals surface area contributed by atoms with Gasteiger partial charge >= 0.3 is 5.97 Å². The SMILES string of the molecule is C=C1C=C(C2=CCC(C)/C=C/C=C2)Oc2c1cc(C)cc2C(C)Nc1ccc(CC)c(F)c1C(=O)O. The van der Waals surface area contributed by atoms with Crippen molar-refractivity contribution >= 4 is 17.2 Å². The van der Waals surface area contributed by atoms with Crippen molar-refractivity contribution in [2.45, 2.75) is 46.6 Å². The van der Waals surface area contributed by atoms with Crippen LogP contribution in [0.3, 0.4) is 0 Å². The van der Waals surface area contributed by atoms with E-state index in [9.17, 15) is 14.3 Å². The van der Waals surface area contributed by atoms with Gasteiger partial charge in [0.05, 0.1) is 11.7 Å². The van der Waals surface area contributed by atoms with E-state index in [1.165, 1.54) is 0 Å². The largest absolute Gasteiger partial charge is 0.478 e. The van der Waals surface area contributed by atoms with Crippen LogP contribution in [0.2, 0.25) is 0 Å². The Hall–Kier alpha value is -3.86. The van der Waals surface area contributed by atoms with E-state index in [4.69, 9.17) is 4.74 Å². The number of carboxylic acid groups (broad SMARTS) is 1. The van der Waals surface area contributed by atoms with Crippen molar-refractivity contribution in [2.75, 3.05) is 5.32 Å². The molecule has 0 aromatic heterocycles. The average Bonchev–Trinajstić information content (AvgIpc) is 2.81. The highest BCUT2D eigenvalue weighted by atomic mass is 19.1. The number of hydrogen-bond acceptors (Lipinski definition) is 3. The molecule has 2 N–H and O–H groups in total. The molecule has 2 aliphatic rings. The van der Waals surface area contributed by atoms with Gasteiger partial charge in [-0.15, -0.1) is 0 Å². The van der Waals surface area contributed by atoms with Gasteiger partial charge in [-0.25, -0.2) is 9.18 Å². The Kier molecular flexibility index (Phi) is 7.30. The van der Waals surface area contributed by atoms with E-state index in [1.807, 2.05) is 50.3 Å². The molecular formula is C31H32FNO3. The molecule has 5 heteroatoms. The molecule has 2 aromatic rings. The number of carboxylic acids is 1. The number of fused-ring (bicyclic) bond motifs is 1. The Bertz CT molecular complexity index is 1350. The average molecular weight is 486 g/mol. The third-order valence-corrected chi connectivity index (χ3v) is 6.60. The molecule has 4 nitrogen and oxygen atoms in total. The van der Waals surface area contributed by atoms with Gasteiger partial charge in [-0.2, -0.15) is 0 Å². The van der Waals surface area contributed by atoms with Gasteiger partial charge in [0.25, 0.3) is 0 Å². The first-order chi connectivity index (χ1) is 17.2. The lowest BCUT2D eigenvalue weighted by Gasteiger charge is -2.27. The minimum Gasteiger partial charge on any atom is -0.478 e. The van der Waals surface area contributed by atoms with Crippen LogP contribution >= 0.6 is 0 Å². The Morgan fingerprint density at radius 3 is 2.81 bits per heavy atom. The Labute approximate surface area is 212 Å². The van der Waals surface area contributed by atoms with E-state index < -0.39 is 11.8 Å². The van der Waals surface area contributed by atoms with Gasteiger partial charge in [0.15, 0.2) is 0 Å². The normalized spacial score (nSPS) is 18.7. The smallest absolute Gasteiger partial charge is 0.340 e. The number of allylic oxidation sites excluding steroid dienone is 7. The number of carbonyl (C=O) groups is 1. The lowest BCUT2D eigenvalue weighted by Crippen LogP contribution is -2.16. The van der Waals surface area contributed by atoms with Crippen LogP contribution in [0.5, 0.6) is 5.75 Å². The number of rotatable bonds is 6. The number of anilines is 1. The van der Waals surface area contributed by atoms with Crippen LogP contribution in [0.1, 0.15) is 65.8 Å². The summed E-state index contributed by atoms with van der Waals surface area (Å²) in [4.78, 5) is 11.9. The summed E-state index contributed by atoms with van der Waals surface area (Å²) in [6, 6.07) is 6.95. The number of nitrogens with one attached hydrogen (secondary N) is 1. The topological polar surface area (TPSA) is 58.6 Å². The second-order valence-electron chi connectivity index (χ2n) is 9.47. The summed E-state index contributed by atoms with van der Waals surface area (Å²) in [7, 11) is 0.